The second kappa shape index (κ2) is 12.0. The van der Waals surface area contributed by atoms with E-state index in [2.05, 4.69) is 66.8 Å². The summed E-state index contributed by atoms with van der Waals surface area (Å²) in [6.07, 6.45) is 1.51. The SMILES string of the molecule is COC(=O)c1ccc(NC(=O)/C(C#N)=C/c2cc(Br)c(OCc3cccc4ccccc34)c(I)c2)cc1. The highest BCUT2D eigenvalue weighted by molar-refractivity contribution is 14.1. The number of benzene rings is 4. The average molecular weight is 667 g/mol. The Bertz CT molecular complexity index is 1530. The molecule has 4 aromatic carbocycles. The van der Waals surface area contributed by atoms with E-state index in [4.69, 9.17) is 4.74 Å². The third-order valence-electron chi connectivity index (χ3n) is 5.51. The van der Waals surface area contributed by atoms with Crippen molar-refractivity contribution in [3.63, 3.8) is 0 Å². The summed E-state index contributed by atoms with van der Waals surface area (Å²) in [5, 5.41) is 14.6. The van der Waals surface area contributed by atoms with Crippen LogP contribution in [0.4, 0.5) is 5.69 Å². The zero-order valence-electron chi connectivity index (χ0n) is 19.6. The third-order valence-corrected chi connectivity index (χ3v) is 6.90. The number of halogens is 2. The van der Waals surface area contributed by atoms with Gasteiger partial charge in [0.05, 0.1) is 20.7 Å². The van der Waals surface area contributed by atoms with Gasteiger partial charge in [-0.2, -0.15) is 5.26 Å². The van der Waals surface area contributed by atoms with Crippen molar-refractivity contribution in [1.82, 2.24) is 0 Å². The van der Waals surface area contributed by atoms with E-state index in [0.29, 0.717) is 33.6 Å². The summed E-state index contributed by atoms with van der Waals surface area (Å²) in [4.78, 5) is 24.3. The number of esters is 1. The van der Waals surface area contributed by atoms with E-state index in [0.717, 1.165) is 19.9 Å². The molecule has 0 saturated heterocycles. The molecule has 0 atom stereocenters. The molecule has 1 N–H and O–H groups in total. The molecular weight excluding hydrogens is 647 g/mol. The van der Waals surface area contributed by atoms with E-state index in [1.807, 2.05) is 36.4 Å². The molecule has 37 heavy (non-hydrogen) atoms. The largest absolute Gasteiger partial charge is 0.487 e. The van der Waals surface area contributed by atoms with Crippen LogP contribution in [0, 0.1) is 14.9 Å². The Hall–Kier alpha value is -3.68. The Kier molecular flexibility index (Phi) is 8.58. The van der Waals surface area contributed by atoms with Gasteiger partial charge >= 0.3 is 5.97 Å². The summed E-state index contributed by atoms with van der Waals surface area (Å²) >= 11 is 5.74. The van der Waals surface area contributed by atoms with Crippen LogP contribution in [0.15, 0.2) is 88.9 Å². The first-order valence-electron chi connectivity index (χ1n) is 11.1. The van der Waals surface area contributed by atoms with Crippen molar-refractivity contribution in [2.24, 2.45) is 0 Å². The fraction of sp³-hybridized carbons (Fsp3) is 0.0690. The first-order valence-corrected chi connectivity index (χ1v) is 13.0. The summed E-state index contributed by atoms with van der Waals surface area (Å²) in [5.41, 5.74) is 2.49. The molecule has 6 nitrogen and oxygen atoms in total. The van der Waals surface area contributed by atoms with Crippen LogP contribution in [0.25, 0.3) is 16.8 Å². The Balaban J connectivity index is 1.49. The summed E-state index contributed by atoms with van der Waals surface area (Å²) in [6.45, 7) is 0.395. The van der Waals surface area contributed by atoms with Crippen LogP contribution in [-0.4, -0.2) is 19.0 Å². The molecule has 0 heterocycles. The number of methoxy groups -OCH3 is 1. The second-order valence-electron chi connectivity index (χ2n) is 7.93. The molecule has 0 saturated carbocycles. The van der Waals surface area contributed by atoms with Crippen LogP contribution in [0.2, 0.25) is 0 Å². The molecule has 4 rings (SSSR count). The maximum atomic E-state index is 12.7. The number of rotatable bonds is 7. The highest BCUT2D eigenvalue weighted by Crippen LogP contribution is 2.34. The minimum absolute atomic E-state index is 0.0656. The molecule has 0 aliphatic heterocycles. The smallest absolute Gasteiger partial charge is 0.337 e. The quantitative estimate of drug-likeness (QED) is 0.0983. The number of fused-ring (bicyclic) bond motifs is 1. The molecule has 0 radical (unpaired) electrons. The zero-order valence-corrected chi connectivity index (χ0v) is 23.4. The maximum Gasteiger partial charge on any atom is 0.337 e. The van der Waals surface area contributed by atoms with Crippen molar-refractivity contribution >= 4 is 72.9 Å². The first kappa shape index (κ1) is 26.4. The van der Waals surface area contributed by atoms with Gasteiger partial charge in [-0.1, -0.05) is 42.5 Å². The van der Waals surface area contributed by atoms with Crippen LogP contribution < -0.4 is 10.1 Å². The van der Waals surface area contributed by atoms with Crippen LogP contribution in [0.3, 0.4) is 0 Å². The van der Waals surface area contributed by atoms with Crippen molar-refractivity contribution in [3.05, 3.63) is 109 Å². The highest BCUT2D eigenvalue weighted by atomic mass is 127. The lowest BCUT2D eigenvalue weighted by molar-refractivity contribution is -0.112. The Labute approximate surface area is 236 Å². The predicted molar refractivity (Wildman–Crippen MR) is 155 cm³/mol. The van der Waals surface area contributed by atoms with E-state index in [-0.39, 0.29) is 5.57 Å². The summed E-state index contributed by atoms with van der Waals surface area (Å²) in [5.74, 6) is -0.352. The Morgan fingerprint density at radius 3 is 2.49 bits per heavy atom. The van der Waals surface area contributed by atoms with Gasteiger partial charge in [0.25, 0.3) is 5.91 Å². The molecular formula is C29H20BrIN2O4. The number of hydrogen-bond donors (Lipinski definition) is 1. The molecule has 0 fully saturated rings. The number of carbonyl (C=O) groups is 2. The van der Waals surface area contributed by atoms with Gasteiger partial charge in [-0.3, -0.25) is 4.79 Å². The number of nitrogens with zero attached hydrogens (tertiary/aromatic N) is 1. The summed E-state index contributed by atoms with van der Waals surface area (Å²) in [7, 11) is 1.30. The van der Waals surface area contributed by atoms with Gasteiger partial charge in [-0.25, -0.2) is 4.79 Å². The molecule has 8 heteroatoms. The van der Waals surface area contributed by atoms with E-state index >= 15 is 0 Å². The minimum atomic E-state index is -0.560. The van der Waals surface area contributed by atoms with Crippen LogP contribution in [-0.2, 0) is 16.1 Å². The Morgan fingerprint density at radius 1 is 1.05 bits per heavy atom. The van der Waals surface area contributed by atoms with E-state index in [1.54, 1.807) is 18.2 Å². The fourth-order valence-corrected chi connectivity index (χ4v) is 5.46. The number of nitrogens with one attached hydrogen (secondary N) is 1. The lowest BCUT2D eigenvalue weighted by Crippen LogP contribution is -2.13. The second-order valence-corrected chi connectivity index (χ2v) is 9.95. The number of ether oxygens (including phenoxy) is 2. The number of anilines is 1. The van der Waals surface area contributed by atoms with Crippen LogP contribution >= 0.6 is 38.5 Å². The lowest BCUT2D eigenvalue weighted by Gasteiger charge is -2.13. The van der Waals surface area contributed by atoms with Gasteiger partial charge in [0, 0.05) is 5.69 Å². The topological polar surface area (TPSA) is 88.4 Å². The van der Waals surface area contributed by atoms with Crippen molar-refractivity contribution < 1.29 is 19.1 Å². The third kappa shape index (κ3) is 6.37. The number of amides is 1. The fourth-order valence-electron chi connectivity index (χ4n) is 3.69. The molecule has 0 bridgehead atoms. The van der Waals surface area contributed by atoms with Gasteiger partial charge in [0.2, 0.25) is 0 Å². The van der Waals surface area contributed by atoms with Crippen molar-refractivity contribution in [1.29, 1.82) is 5.26 Å². The number of hydrogen-bond acceptors (Lipinski definition) is 5. The standard InChI is InChI=1S/C29H20BrIN2O4/c1-36-29(35)20-9-11-23(12-10-20)33-28(34)22(16-32)13-18-14-25(30)27(26(31)15-18)37-17-21-7-4-6-19-5-2-3-8-24(19)21/h2-15H,17H2,1H3,(H,33,34)/b22-13+. The monoisotopic (exact) mass is 666 g/mol. The highest BCUT2D eigenvalue weighted by Gasteiger charge is 2.14. The van der Waals surface area contributed by atoms with E-state index < -0.39 is 11.9 Å². The Morgan fingerprint density at radius 2 is 1.78 bits per heavy atom. The van der Waals surface area contributed by atoms with Gasteiger partial charge in [0.1, 0.15) is 24.0 Å². The van der Waals surface area contributed by atoms with Crippen LogP contribution in [0.5, 0.6) is 5.75 Å². The number of nitriles is 1. The minimum Gasteiger partial charge on any atom is -0.487 e. The summed E-state index contributed by atoms with van der Waals surface area (Å²) < 4.78 is 12.4. The predicted octanol–water partition coefficient (Wildman–Crippen LogP) is 7.12. The van der Waals surface area contributed by atoms with Gasteiger partial charge in [-0.05, 0) is 103 Å². The normalized spacial score (nSPS) is 11.0. The van der Waals surface area contributed by atoms with Crippen molar-refractivity contribution in [2.45, 2.75) is 6.61 Å². The molecule has 0 spiro atoms. The molecule has 4 aromatic rings. The molecule has 1 amide bonds. The lowest BCUT2D eigenvalue weighted by atomic mass is 10.1. The maximum absolute atomic E-state index is 12.7. The summed E-state index contributed by atoms with van der Waals surface area (Å²) in [6, 6.07) is 26.1. The molecule has 0 aliphatic carbocycles. The van der Waals surface area contributed by atoms with Crippen molar-refractivity contribution in [2.75, 3.05) is 12.4 Å². The van der Waals surface area contributed by atoms with Crippen LogP contribution in [0.1, 0.15) is 21.5 Å². The van der Waals surface area contributed by atoms with Gasteiger partial charge in [-0.15, -0.1) is 0 Å². The first-order chi connectivity index (χ1) is 17.9. The number of carbonyl (C=O) groups excluding carboxylic acids is 2. The van der Waals surface area contributed by atoms with E-state index in [9.17, 15) is 14.9 Å². The molecule has 0 aliphatic rings. The van der Waals surface area contributed by atoms with E-state index in [1.165, 1.54) is 25.3 Å². The zero-order chi connectivity index (χ0) is 26.4. The van der Waals surface area contributed by atoms with Gasteiger partial charge in [0.15, 0.2) is 0 Å². The van der Waals surface area contributed by atoms with Gasteiger partial charge < -0.3 is 14.8 Å². The molecule has 184 valence electrons. The average Bonchev–Trinajstić information content (AvgIpc) is 2.91. The molecule has 0 unspecified atom stereocenters. The molecule has 0 aromatic heterocycles. The van der Waals surface area contributed by atoms with Crippen molar-refractivity contribution in [3.8, 4) is 11.8 Å².